The third-order valence-corrected chi connectivity index (χ3v) is 5.33. The molecule has 1 atom stereocenters. The summed E-state index contributed by atoms with van der Waals surface area (Å²) in [7, 11) is 0. The summed E-state index contributed by atoms with van der Waals surface area (Å²) in [4.78, 5) is 28.6. The highest BCUT2D eigenvalue weighted by Crippen LogP contribution is 2.24. The second-order valence-corrected chi connectivity index (χ2v) is 7.35. The molecule has 0 aliphatic carbocycles. The number of benzene rings is 1. The van der Waals surface area contributed by atoms with Crippen molar-refractivity contribution in [1.29, 1.82) is 0 Å². The summed E-state index contributed by atoms with van der Waals surface area (Å²) in [5.41, 5.74) is -0.0603. The van der Waals surface area contributed by atoms with Gasteiger partial charge in [-0.25, -0.2) is 13.6 Å². The largest absolute Gasteiger partial charge is 0.342 e. The Morgan fingerprint density at radius 1 is 1.08 bits per heavy atom. The Hall–Kier alpha value is -2.18. The summed E-state index contributed by atoms with van der Waals surface area (Å²) in [6.45, 7) is 4.62. The van der Waals surface area contributed by atoms with Gasteiger partial charge in [0.2, 0.25) is 5.91 Å². The fourth-order valence-electron chi connectivity index (χ4n) is 3.64. The number of hydrogen-bond donors (Lipinski definition) is 1. The lowest BCUT2D eigenvalue weighted by atomic mass is 9.93. The van der Waals surface area contributed by atoms with Gasteiger partial charge in [0, 0.05) is 32.2 Å². The molecule has 2 saturated heterocycles. The number of urea groups is 1. The molecule has 3 rings (SSSR count). The van der Waals surface area contributed by atoms with Gasteiger partial charge in [-0.05, 0) is 43.7 Å². The molecule has 1 aromatic carbocycles. The van der Waals surface area contributed by atoms with Gasteiger partial charge in [0.25, 0.3) is 0 Å². The van der Waals surface area contributed by atoms with E-state index in [0.717, 1.165) is 50.9 Å². The molecule has 3 amide bonds. The van der Waals surface area contributed by atoms with Crippen molar-refractivity contribution in [2.75, 3.05) is 31.5 Å². The van der Waals surface area contributed by atoms with Gasteiger partial charge in [-0.3, -0.25) is 4.79 Å². The first-order chi connectivity index (χ1) is 12.4. The highest BCUT2D eigenvalue weighted by molar-refractivity contribution is 5.90. The quantitative estimate of drug-likeness (QED) is 0.873. The first-order valence-corrected chi connectivity index (χ1v) is 9.24. The van der Waals surface area contributed by atoms with Crippen LogP contribution in [0.1, 0.15) is 32.6 Å². The fraction of sp³-hybridized carbons (Fsp3) is 0.579. The molecule has 5 nitrogen and oxygen atoms in total. The average molecular weight is 365 g/mol. The molecular formula is C19H25F2N3O2. The molecule has 0 spiro atoms. The van der Waals surface area contributed by atoms with Gasteiger partial charge in [-0.1, -0.05) is 6.92 Å². The molecule has 2 heterocycles. The molecule has 1 N–H and O–H groups in total. The summed E-state index contributed by atoms with van der Waals surface area (Å²) in [5.74, 6) is -0.952. The van der Waals surface area contributed by atoms with Crippen molar-refractivity contribution >= 4 is 17.6 Å². The van der Waals surface area contributed by atoms with Crippen LogP contribution in [-0.2, 0) is 4.79 Å². The van der Waals surface area contributed by atoms with Gasteiger partial charge < -0.3 is 15.1 Å². The van der Waals surface area contributed by atoms with Crippen LogP contribution in [0.5, 0.6) is 0 Å². The first kappa shape index (κ1) is 18.6. The standard InChI is InChI=1S/C19H25F2N3O2/c1-13-6-9-23(10-7-13)18(25)14-3-2-8-24(12-14)19(26)22-17-5-4-15(20)11-16(17)21/h4-5,11,13-14H,2-3,6-10,12H2,1H3,(H,22,26)/t14-/m0/s1. The number of hydrogen-bond acceptors (Lipinski definition) is 2. The Labute approximate surface area is 152 Å². The van der Waals surface area contributed by atoms with E-state index in [9.17, 15) is 18.4 Å². The number of nitrogens with zero attached hydrogens (tertiary/aromatic N) is 2. The normalized spacial score (nSPS) is 21.6. The van der Waals surface area contributed by atoms with E-state index in [1.54, 1.807) is 4.90 Å². The minimum absolute atomic E-state index is 0.0603. The Bertz CT molecular complexity index is 675. The zero-order valence-corrected chi connectivity index (χ0v) is 15.0. The monoisotopic (exact) mass is 365 g/mol. The van der Waals surface area contributed by atoms with E-state index in [0.29, 0.717) is 19.0 Å². The summed E-state index contributed by atoms with van der Waals surface area (Å²) in [6.07, 6.45) is 3.54. The van der Waals surface area contributed by atoms with Gasteiger partial charge in [-0.2, -0.15) is 0 Å². The summed E-state index contributed by atoms with van der Waals surface area (Å²) in [6, 6.07) is 2.57. The summed E-state index contributed by atoms with van der Waals surface area (Å²) >= 11 is 0. The number of piperidine rings is 2. The molecule has 0 unspecified atom stereocenters. The van der Waals surface area contributed by atoms with Crippen molar-refractivity contribution in [1.82, 2.24) is 9.80 Å². The number of anilines is 1. The molecule has 2 fully saturated rings. The minimum Gasteiger partial charge on any atom is -0.342 e. The van der Waals surface area contributed by atoms with Crippen LogP contribution in [0.2, 0.25) is 0 Å². The van der Waals surface area contributed by atoms with Crippen LogP contribution in [0.25, 0.3) is 0 Å². The second kappa shape index (κ2) is 8.01. The summed E-state index contributed by atoms with van der Waals surface area (Å²) in [5, 5.41) is 2.47. The van der Waals surface area contributed by atoms with E-state index in [-0.39, 0.29) is 17.5 Å². The van der Waals surface area contributed by atoms with E-state index in [1.807, 2.05) is 4.90 Å². The van der Waals surface area contributed by atoms with Crippen molar-refractivity contribution in [3.8, 4) is 0 Å². The van der Waals surface area contributed by atoms with Crippen molar-refractivity contribution in [3.05, 3.63) is 29.8 Å². The zero-order chi connectivity index (χ0) is 18.7. The van der Waals surface area contributed by atoms with Crippen LogP contribution in [0.15, 0.2) is 18.2 Å². The van der Waals surface area contributed by atoms with Crippen molar-refractivity contribution in [2.45, 2.75) is 32.6 Å². The molecule has 7 heteroatoms. The number of likely N-dealkylation sites (tertiary alicyclic amines) is 2. The van der Waals surface area contributed by atoms with Crippen LogP contribution in [0.3, 0.4) is 0 Å². The Morgan fingerprint density at radius 3 is 2.50 bits per heavy atom. The van der Waals surface area contributed by atoms with E-state index >= 15 is 0 Å². The van der Waals surface area contributed by atoms with E-state index in [4.69, 9.17) is 0 Å². The molecule has 1 aromatic rings. The van der Waals surface area contributed by atoms with E-state index in [2.05, 4.69) is 12.2 Å². The molecule has 142 valence electrons. The maximum atomic E-state index is 13.7. The third-order valence-electron chi connectivity index (χ3n) is 5.33. The van der Waals surface area contributed by atoms with Gasteiger partial charge in [-0.15, -0.1) is 0 Å². The maximum Gasteiger partial charge on any atom is 0.321 e. The third kappa shape index (κ3) is 4.31. The van der Waals surface area contributed by atoms with Gasteiger partial charge in [0.1, 0.15) is 11.6 Å². The molecular weight excluding hydrogens is 340 g/mol. The number of carbonyl (C=O) groups excluding carboxylic acids is 2. The van der Waals surface area contributed by atoms with Crippen molar-refractivity contribution in [2.24, 2.45) is 11.8 Å². The van der Waals surface area contributed by atoms with Crippen LogP contribution in [0, 0.1) is 23.5 Å². The number of amides is 3. The maximum absolute atomic E-state index is 13.7. The van der Waals surface area contributed by atoms with Crippen LogP contribution >= 0.6 is 0 Å². The molecule has 0 aromatic heterocycles. The molecule has 2 aliphatic rings. The highest BCUT2D eigenvalue weighted by atomic mass is 19.1. The SMILES string of the molecule is CC1CCN(C(=O)[C@H]2CCCN(C(=O)Nc3ccc(F)cc3F)C2)CC1. The Balaban J connectivity index is 1.59. The Kier molecular flexibility index (Phi) is 5.74. The lowest BCUT2D eigenvalue weighted by Gasteiger charge is -2.37. The number of carbonyl (C=O) groups is 2. The molecule has 0 radical (unpaired) electrons. The molecule has 26 heavy (non-hydrogen) atoms. The minimum atomic E-state index is -0.814. The first-order valence-electron chi connectivity index (χ1n) is 9.24. The lowest BCUT2D eigenvalue weighted by molar-refractivity contribution is -0.138. The number of halogens is 2. The summed E-state index contributed by atoms with van der Waals surface area (Å²) < 4.78 is 26.7. The van der Waals surface area contributed by atoms with Crippen LogP contribution < -0.4 is 5.32 Å². The lowest BCUT2D eigenvalue weighted by Crippen LogP contribution is -2.49. The van der Waals surface area contributed by atoms with Crippen molar-refractivity contribution in [3.63, 3.8) is 0 Å². The predicted octanol–water partition coefficient (Wildman–Crippen LogP) is 3.47. The molecule has 0 saturated carbocycles. The zero-order valence-electron chi connectivity index (χ0n) is 15.0. The Morgan fingerprint density at radius 2 is 1.81 bits per heavy atom. The number of rotatable bonds is 2. The van der Waals surface area contributed by atoms with Gasteiger partial charge in [0.15, 0.2) is 0 Å². The van der Waals surface area contributed by atoms with Gasteiger partial charge >= 0.3 is 6.03 Å². The van der Waals surface area contributed by atoms with E-state index in [1.165, 1.54) is 6.07 Å². The fourth-order valence-corrected chi connectivity index (χ4v) is 3.64. The molecule has 0 bridgehead atoms. The highest BCUT2D eigenvalue weighted by Gasteiger charge is 2.32. The average Bonchev–Trinajstić information content (AvgIpc) is 2.64. The smallest absolute Gasteiger partial charge is 0.321 e. The number of nitrogens with one attached hydrogen (secondary N) is 1. The van der Waals surface area contributed by atoms with Crippen LogP contribution in [-0.4, -0.2) is 47.9 Å². The topological polar surface area (TPSA) is 52.7 Å². The van der Waals surface area contributed by atoms with E-state index < -0.39 is 17.7 Å². The molecule has 2 aliphatic heterocycles. The predicted molar refractivity (Wildman–Crippen MR) is 94.7 cm³/mol. The van der Waals surface area contributed by atoms with Crippen LogP contribution in [0.4, 0.5) is 19.3 Å². The van der Waals surface area contributed by atoms with Crippen molar-refractivity contribution < 1.29 is 18.4 Å². The van der Waals surface area contributed by atoms with Gasteiger partial charge in [0.05, 0.1) is 11.6 Å². The second-order valence-electron chi connectivity index (χ2n) is 7.35.